The average Bonchev–Trinajstić information content (AvgIpc) is 2.46. The number of aryl methyl sites for hydroxylation is 1. The zero-order chi connectivity index (χ0) is 13.1. The summed E-state index contributed by atoms with van der Waals surface area (Å²) in [5.41, 5.74) is -0.824. The van der Waals surface area contributed by atoms with Crippen LogP contribution in [0.25, 0.3) is 0 Å². The lowest BCUT2D eigenvalue weighted by atomic mass is 10.0. The second-order valence-electron chi connectivity index (χ2n) is 4.18. The molecule has 0 radical (unpaired) electrons. The molecule has 0 aliphatic carbocycles. The molecule has 17 heavy (non-hydrogen) atoms. The lowest BCUT2D eigenvalue weighted by Crippen LogP contribution is -2.46. The first-order valence-corrected chi connectivity index (χ1v) is 5.67. The summed E-state index contributed by atoms with van der Waals surface area (Å²) in [4.78, 5) is 26.1. The zero-order valence-electron chi connectivity index (χ0n) is 9.77. The lowest BCUT2D eigenvalue weighted by Gasteiger charge is -2.23. The minimum Gasteiger partial charge on any atom is -0.481 e. The van der Waals surface area contributed by atoms with Crippen LogP contribution in [0.2, 0.25) is 0 Å². The van der Waals surface area contributed by atoms with Crippen molar-refractivity contribution in [1.82, 2.24) is 14.7 Å². The van der Waals surface area contributed by atoms with E-state index in [1.807, 2.05) is 0 Å². The Labute approximate surface area is 102 Å². The quantitative estimate of drug-likeness (QED) is 0.753. The summed E-state index contributed by atoms with van der Waals surface area (Å²) in [6.45, 7) is 4.98. The number of carboxylic acid groups (broad SMARTS) is 1. The van der Waals surface area contributed by atoms with E-state index in [1.54, 1.807) is 20.8 Å². The minimum atomic E-state index is -0.970. The number of rotatable bonds is 4. The molecule has 0 aromatic carbocycles. The number of aromatic nitrogens is 2. The molecule has 7 nitrogen and oxygen atoms in total. The third-order valence-corrected chi connectivity index (χ3v) is 2.51. The van der Waals surface area contributed by atoms with Crippen LogP contribution in [0.4, 0.5) is 9.93 Å². The van der Waals surface area contributed by atoms with E-state index in [0.29, 0.717) is 11.0 Å². The molecule has 94 valence electrons. The van der Waals surface area contributed by atoms with E-state index in [4.69, 9.17) is 5.11 Å². The fraction of sp³-hybridized carbons (Fsp3) is 0.556. The molecule has 1 rings (SSSR count). The van der Waals surface area contributed by atoms with Crippen molar-refractivity contribution in [3.05, 3.63) is 5.82 Å². The van der Waals surface area contributed by atoms with Crippen LogP contribution >= 0.6 is 11.5 Å². The van der Waals surface area contributed by atoms with Crippen molar-refractivity contribution in [2.24, 2.45) is 0 Å². The van der Waals surface area contributed by atoms with Crippen molar-refractivity contribution in [1.29, 1.82) is 0 Å². The molecule has 2 amide bonds. The summed E-state index contributed by atoms with van der Waals surface area (Å²) in [6, 6.07) is -0.493. The Kier molecular flexibility index (Phi) is 4.00. The third kappa shape index (κ3) is 4.77. The topological polar surface area (TPSA) is 104 Å². The molecule has 1 aromatic rings. The highest BCUT2D eigenvalue weighted by atomic mass is 32.1. The second-order valence-corrected chi connectivity index (χ2v) is 4.93. The van der Waals surface area contributed by atoms with Gasteiger partial charge in [-0.15, -0.1) is 0 Å². The van der Waals surface area contributed by atoms with Gasteiger partial charge in [0.1, 0.15) is 5.82 Å². The number of carbonyl (C=O) groups is 2. The molecule has 0 saturated heterocycles. The summed E-state index contributed by atoms with van der Waals surface area (Å²) < 4.78 is 3.91. The van der Waals surface area contributed by atoms with E-state index in [-0.39, 0.29) is 6.42 Å². The summed E-state index contributed by atoms with van der Waals surface area (Å²) in [6.07, 6.45) is -0.157. The standard InChI is InChI=1S/C9H14N4O3S/c1-5-10-8(17-13-5)11-7(16)12-9(2,3)4-6(14)15/h4H2,1-3H3,(H,14,15)(H2,10,11,12,13,16). The number of urea groups is 1. The van der Waals surface area contributed by atoms with Gasteiger partial charge in [0.05, 0.1) is 6.42 Å². The summed E-state index contributed by atoms with van der Waals surface area (Å²) in [5.74, 6) is -0.392. The van der Waals surface area contributed by atoms with Crippen LogP contribution in [0.1, 0.15) is 26.1 Å². The molecule has 0 fully saturated rings. The number of anilines is 1. The molecule has 3 N–H and O–H groups in total. The Morgan fingerprint density at radius 1 is 1.47 bits per heavy atom. The summed E-state index contributed by atoms with van der Waals surface area (Å²) in [7, 11) is 0. The van der Waals surface area contributed by atoms with E-state index in [1.165, 1.54) is 0 Å². The number of aliphatic carboxylic acids is 1. The van der Waals surface area contributed by atoms with Gasteiger partial charge in [-0.05, 0) is 20.8 Å². The van der Waals surface area contributed by atoms with Crippen LogP contribution in [0.15, 0.2) is 0 Å². The van der Waals surface area contributed by atoms with E-state index < -0.39 is 17.5 Å². The van der Waals surface area contributed by atoms with Crippen LogP contribution in [0, 0.1) is 6.92 Å². The Hall–Kier alpha value is -1.70. The zero-order valence-corrected chi connectivity index (χ0v) is 10.6. The van der Waals surface area contributed by atoms with Gasteiger partial charge in [-0.1, -0.05) is 0 Å². The lowest BCUT2D eigenvalue weighted by molar-refractivity contribution is -0.138. The van der Waals surface area contributed by atoms with Crippen molar-refractivity contribution >= 4 is 28.7 Å². The summed E-state index contributed by atoms with van der Waals surface area (Å²) >= 11 is 1.07. The van der Waals surface area contributed by atoms with E-state index >= 15 is 0 Å². The molecule has 8 heteroatoms. The number of nitrogens with one attached hydrogen (secondary N) is 2. The number of amides is 2. The normalized spacial score (nSPS) is 11.0. The number of carbonyl (C=O) groups excluding carboxylic acids is 1. The third-order valence-electron chi connectivity index (χ3n) is 1.79. The van der Waals surface area contributed by atoms with Gasteiger partial charge in [0.2, 0.25) is 5.13 Å². The maximum absolute atomic E-state index is 11.5. The van der Waals surface area contributed by atoms with E-state index in [2.05, 4.69) is 20.0 Å². The number of carboxylic acids is 1. The molecule has 0 unspecified atom stereocenters. The number of nitrogens with zero attached hydrogens (tertiary/aromatic N) is 2. The van der Waals surface area contributed by atoms with Gasteiger partial charge in [-0.25, -0.2) is 9.78 Å². The monoisotopic (exact) mass is 258 g/mol. The SMILES string of the molecule is Cc1nsc(NC(=O)NC(C)(C)CC(=O)O)n1. The van der Waals surface area contributed by atoms with Crippen LogP contribution < -0.4 is 10.6 Å². The fourth-order valence-corrected chi connectivity index (χ4v) is 1.78. The molecule has 1 heterocycles. The maximum Gasteiger partial charge on any atom is 0.321 e. The largest absolute Gasteiger partial charge is 0.481 e. The van der Waals surface area contributed by atoms with Gasteiger partial charge in [-0.2, -0.15) is 4.37 Å². The molecule has 0 atom stereocenters. The van der Waals surface area contributed by atoms with Crippen molar-refractivity contribution < 1.29 is 14.7 Å². The van der Waals surface area contributed by atoms with Crippen molar-refractivity contribution in [2.45, 2.75) is 32.7 Å². The predicted molar refractivity (Wildman–Crippen MR) is 63.1 cm³/mol. The Morgan fingerprint density at radius 2 is 2.12 bits per heavy atom. The van der Waals surface area contributed by atoms with Crippen LogP contribution in [-0.2, 0) is 4.79 Å². The van der Waals surface area contributed by atoms with Crippen molar-refractivity contribution in [3.8, 4) is 0 Å². The Bertz CT molecular complexity index is 430. The average molecular weight is 258 g/mol. The molecular weight excluding hydrogens is 244 g/mol. The molecule has 0 aliphatic rings. The first-order valence-electron chi connectivity index (χ1n) is 4.90. The highest BCUT2D eigenvalue weighted by molar-refractivity contribution is 7.09. The maximum atomic E-state index is 11.5. The first-order chi connectivity index (χ1) is 7.78. The van der Waals surface area contributed by atoms with Gasteiger partial charge in [0.25, 0.3) is 0 Å². The highest BCUT2D eigenvalue weighted by Crippen LogP contribution is 2.12. The molecular formula is C9H14N4O3S. The van der Waals surface area contributed by atoms with Crippen LogP contribution in [-0.4, -0.2) is 32.0 Å². The van der Waals surface area contributed by atoms with Crippen molar-refractivity contribution in [2.75, 3.05) is 5.32 Å². The molecule has 0 aliphatic heterocycles. The molecule has 1 aromatic heterocycles. The van der Waals surface area contributed by atoms with Gasteiger partial charge in [0.15, 0.2) is 0 Å². The van der Waals surface area contributed by atoms with Gasteiger partial charge < -0.3 is 10.4 Å². The highest BCUT2D eigenvalue weighted by Gasteiger charge is 2.24. The Morgan fingerprint density at radius 3 is 2.59 bits per heavy atom. The predicted octanol–water partition coefficient (Wildman–Crippen LogP) is 1.22. The van der Waals surface area contributed by atoms with E-state index in [0.717, 1.165) is 11.5 Å². The molecule has 0 bridgehead atoms. The number of hydrogen-bond donors (Lipinski definition) is 3. The molecule has 0 spiro atoms. The van der Waals surface area contributed by atoms with E-state index in [9.17, 15) is 9.59 Å². The first kappa shape index (κ1) is 13.4. The molecule has 0 saturated carbocycles. The van der Waals surface area contributed by atoms with Crippen LogP contribution in [0.3, 0.4) is 0 Å². The van der Waals surface area contributed by atoms with Crippen molar-refractivity contribution in [3.63, 3.8) is 0 Å². The fourth-order valence-electron chi connectivity index (χ4n) is 1.21. The second kappa shape index (κ2) is 5.09. The Balaban J connectivity index is 2.52. The smallest absolute Gasteiger partial charge is 0.321 e. The van der Waals surface area contributed by atoms with Gasteiger partial charge in [-0.3, -0.25) is 10.1 Å². The van der Waals surface area contributed by atoms with Crippen LogP contribution in [0.5, 0.6) is 0 Å². The van der Waals surface area contributed by atoms with Gasteiger partial charge in [0, 0.05) is 17.1 Å². The minimum absolute atomic E-state index is 0.157. The summed E-state index contributed by atoms with van der Waals surface area (Å²) in [5, 5.41) is 14.1. The van der Waals surface area contributed by atoms with Gasteiger partial charge >= 0.3 is 12.0 Å². The number of hydrogen-bond acceptors (Lipinski definition) is 5.